The molecule has 2 aromatic rings. The van der Waals surface area contributed by atoms with Crippen molar-refractivity contribution in [3.05, 3.63) is 51.8 Å². The summed E-state index contributed by atoms with van der Waals surface area (Å²) in [6.07, 6.45) is 1.76. The first-order chi connectivity index (χ1) is 8.58. The van der Waals surface area contributed by atoms with Crippen molar-refractivity contribution in [3.63, 3.8) is 0 Å². The fourth-order valence-corrected chi connectivity index (χ4v) is 2.45. The lowest BCUT2D eigenvalue weighted by atomic mass is 10.3. The number of thiophene rings is 1. The van der Waals surface area contributed by atoms with Gasteiger partial charge in [-0.3, -0.25) is 14.4 Å². The molecule has 0 unspecified atom stereocenters. The lowest BCUT2D eigenvalue weighted by molar-refractivity contribution is 0.0958. The molecule has 0 aromatic carbocycles. The average molecular weight is 260 g/mol. The molecule has 2 heterocycles. The molecular weight excluding hydrogens is 244 g/mol. The summed E-state index contributed by atoms with van der Waals surface area (Å²) in [5.41, 5.74) is 0.698. The fourth-order valence-electron chi connectivity index (χ4n) is 1.64. The number of carbonyl (C=O) groups is 1. The van der Waals surface area contributed by atoms with E-state index in [-0.39, 0.29) is 11.9 Å². The molecule has 0 aliphatic heterocycles. The van der Waals surface area contributed by atoms with Crippen molar-refractivity contribution in [2.24, 2.45) is 4.99 Å². The maximum atomic E-state index is 12.4. The zero-order valence-corrected chi connectivity index (χ0v) is 11.6. The number of carbonyl (C=O) groups excluding carboxylic acids is 1. The molecule has 4 heteroatoms. The highest BCUT2D eigenvalue weighted by Gasteiger charge is 2.10. The highest BCUT2D eigenvalue weighted by molar-refractivity contribution is 7.13. The largest absolute Gasteiger partial charge is 0.273 e. The number of hydrogen-bond donors (Lipinski definition) is 0. The van der Waals surface area contributed by atoms with Gasteiger partial charge in [0.1, 0.15) is 5.49 Å². The molecule has 18 heavy (non-hydrogen) atoms. The van der Waals surface area contributed by atoms with Crippen molar-refractivity contribution < 1.29 is 4.79 Å². The van der Waals surface area contributed by atoms with E-state index >= 15 is 0 Å². The van der Waals surface area contributed by atoms with Crippen molar-refractivity contribution in [3.8, 4) is 0 Å². The summed E-state index contributed by atoms with van der Waals surface area (Å²) in [4.78, 5) is 18.7. The second-order valence-corrected chi connectivity index (χ2v) is 5.66. The van der Waals surface area contributed by atoms with Crippen LogP contribution in [0.5, 0.6) is 0 Å². The smallest absolute Gasteiger partial charge is 0.267 e. The van der Waals surface area contributed by atoms with Crippen LogP contribution in [0.4, 0.5) is 0 Å². The van der Waals surface area contributed by atoms with Gasteiger partial charge in [0, 0.05) is 17.1 Å². The molecule has 0 radical (unpaired) electrons. The van der Waals surface area contributed by atoms with Gasteiger partial charge in [-0.2, -0.15) is 0 Å². The summed E-state index contributed by atoms with van der Waals surface area (Å²) in [6, 6.07) is 9.58. The number of nitrogens with zero attached hydrogens (tertiary/aromatic N) is 2. The van der Waals surface area contributed by atoms with Crippen molar-refractivity contribution in [2.45, 2.75) is 26.8 Å². The first-order valence-corrected chi connectivity index (χ1v) is 6.72. The van der Waals surface area contributed by atoms with Gasteiger partial charge in [-0.05, 0) is 45.0 Å². The van der Waals surface area contributed by atoms with E-state index in [1.165, 1.54) is 11.3 Å². The van der Waals surface area contributed by atoms with Crippen molar-refractivity contribution in [1.82, 2.24) is 4.57 Å². The molecule has 0 amide bonds. The van der Waals surface area contributed by atoms with Crippen LogP contribution in [-0.2, 0) is 0 Å². The van der Waals surface area contributed by atoms with Crippen molar-refractivity contribution >= 4 is 17.2 Å². The van der Waals surface area contributed by atoms with Gasteiger partial charge in [-0.15, -0.1) is 11.3 Å². The Morgan fingerprint density at radius 1 is 1.28 bits per heavy atom. The van der Waals surface area contributed by atoms with Crippen LogP contribution < -0.4 is 5.49 Å². The van der Waals surface area contributed by atoms with Crippen molar-refractivity contribution in [2.75, 3.05) is 0 Å². The normalized spacial score (nSPS) is 12.1. The van der Waals surface area contributed by atoms with Gasteiger partial charge in [0.25, 0.3) is 5.91 Å². The van der Waals surface area contributed by atoms with E-state index in [1.54, 1.807) is 10.8 Å². The fraction of sp³-hybridized carbons (Fsp3) is 0.286. The Labute approximate surface area is 110 Å². The third-order valence-electron chi connectivity index (χ3n) is 2.40. The Kier molecular flexibility index (Phi) is 3.77. The minimum atomic E-state index is -0.0203. The van der Waals surface area contributed by atoms with Crippen LogP contribution in [0.1, 0.15) is 28.4 Å². The Hall–Kier alpha value is -1.68. The van der Waals surface area contributed by atoms with E-state index in [1.807, 2.05) is 51.1 Å². The highest BCUT2D eigenvalue weighted by Crippen LogP contribution is 2.15. The molecule has 2 aromatic heterocycles. The molecule has 3 nitrogen and oxygen atoms in total. The Bertz CT molecular complexity index is 622. The topological polar surface area (TPSA) is 34.4 Å². The Balaban J connectivity index is 2.49. The maximum Gasteiger partial charge on any atom is 0.273 e. The lowest BCUT2D eigenvalue weighted by Crippen LogP contribution is -2.27. The zero-order valence-electron chi connectivity index (χ0n) is 10.8. The van der Waals surface area contributed by atoms with E-state index in [0.29, 0.717) is 5.49 Å². The molecule has 0 atom stereocenters. The van der Waals surface area contributed by atoms with Crippen molar-refractivity contribution in [1.29, 1.82) is 0 Å². The van der Waals surface area contributed by atoms with Crippen LogP contribution in [0.3, 0.4) is 0 Å². The number of pyridine rings is 1. The van der Waals surface area contributed by atoms with Gasteiger partial charge in [-0.1, -0.05) is 6.07 Å². The molecule has 0 fully saturated rings. The first-order valence-electron chi connectivity index (χ1n) is 5.90. The maximum absolute atomic E-state index is 12.4. The first kappa shape index (κ1) is 12.8. The number of rotatable bonds is 2. The Morgan fingerprint density at radius 3 is 2.67 bits per heavy atom. The molecule has 0 aliphatic rings. The summed E-state index contributed by atoms with van der Waals surface area (Å²) in [7, 11) is 0. The summed E-state index contributed by atoms with van der Waals surface area (Å²) < 4.78 is 1.60. The van der Waals surface area contributed by atoms with E-state index in [9.17, 15) is 4.79 Å². The van der Waals surface area contributed by atoms with Gasteiger partial charge in [0.05, 0.1) is 4.88 Å². The second kappa shape index (κ2) is 5.31. The quantitative estimate of drug-likeness (QED) is 0.817. The number of aromatic nitrogens is 1. The zero-order chi connectivity index (χ0) is 13.1. The van der Waals surface area contributed by atoms with Crippen LogP contribution in [0.2, 0.25) is 0 Å². The molecule has 0 N–H and O–H groups in total. The molecule has 0 saturated carbocycles. The van der Waals surface area contributed by atoms with Gasteiger partial charge < -0.3 is 0 Å². The van der Waals surface area contributed by atoms with Gasteiger partial charge in [0.2, 0.25) is 0 Å². The van der Waals surface area contributed by atoms with Gasteiger partial charge in [-0.25, -0.2) is 0 Å². The molecule has 2 rings (SSSR count). The molecular formula is C14H16N2OS. The molecule has 0 saturated heterocycles. The third-order valence-corrected chi connectivity index (χ3v) is 3.39. The molecule has 94 valence electrons. The molecule has 0 aliphatic carbocycles. The monoisotopic (exact) mass is 260 g/mol. The Morgan fingerprint density at radius 2 is 2.06 bits per heavy atom. The SMILES string of the molecule is Cc1ccc(C(=O)n2ccccc2=NC(C)C)s1. The van der Waals surface area contributed by atoms with Gasteiger partial charge >= 0.3 is 0 Å². The average Bonchev–Trinajstić information content (AvgIpc) is 2.75. The summed E-state index contributed by atoms with van der Waals surface area (Å²) in [5.74, 6) is -0.0203. The number of hydrogen-bond acceptors (Lipinski definition) is 3. The van der Waals surface area contributed by atoms with E-state index in [0.717, 1.165) is 9.75 Å². The molecule has 0 bridgehead atoms. The predicted octanol–water partition coefficient (Wildman–Crippen LogP) is 2.86. The minimum absolute atomic E-state index is 0.0203. The summed E-state index contributed by atoms with van der Waals surface area (Å²) in [5, 5.41) is 0. The second-order valence-electron chi connectivity index (χ2n) is 4.37. The van der Waals surface area contributed by atoms with E-state index in [4.69, 9.17) is 0 Å². The van der Waals surface area contributed by atoms with Gasteiger partial charge in [0.15, 0.2) is 0 Å². The lowest BCUT2D eigenvalue weighted by Gasteiger charge is -2.05. The van der Waals surface area contributed by atoms with E-state index < -0.39 is 0 Å². The summed E-state index contributed by atoms with van der Waals surface area (Å²) >= 11 is 1.51. The van der Waals surface area contributed by atoms with Crippen LogP contribution >= 0.6 is 11.3 Å². The van der Waals surface area contributed by atoms with E-state index in [2.05, 4.69) is 4.99 Å². The molecule has 0 spiro atoms. The third kappa shape index (κ3) is 2.76. The summed E-state index contributed by atoms with van der Waals surface area (Å²) in [6.45, 7) is 5.99. The van der Waals surface area contributed by atoms with Crippen LogP contribution in [0, 0.1) is 6.92 Å². The predicted molar refractivity (Wildman–Crippen MR) is 73.9 cm³/mol. The van der Waals surface area contributed by atoms with Crippen LogP contribution in [-0.4, -0.2) is 16.5 Å². The number of aryl methyl sites for hydroxylation is 1. The minimum Gasteiger partial charge on any atom is -0.267 e. The van der Waals surface area contributed by atoms with Crippen LogP contribution in [0.15, 0.2) is 41.5 Å². The highest BCUT2D eigenvalue weighted by atomic mass is 32.1. The van der Waals surface area contributed by atoms with Crippen LogP contribution in [0.25, 0.3) is 0 Å². The standard InChI is InChI=1S/C14H16N2OS/c1-10(2)15-13-6-4-5-9-16(13)14(17)12-8-7-11(3)18-12/h4-10H,1-3H3.